The molecule has 16 heavy (non-hydrogen) atoms. The van der Waals surface area contributed by atoms with Gasteiger partial charge in [-0.1, -0.05) is 50.5 Å². The highest BCUT2D eigenvalue weighted by Gasteiger charge is 1.94. The van der Waals surface area contributed by atoms with Crippen molar-refractivity contribution in [3.63, 3.8) is 0 Å². The maximum atomic E-state index is 5.61. The Bertz CT molecular complexity index is 284. The van der Waals surface area contributed by atoms with Crippen LogP contribution < -0.4 is 11.1 Å². The first-order valence-electron chi connectivity index (χ1n) is 6.35. The van der Waals surface area contributed by atoms with Crippen molar-refractivity contribution in [3.8, 4) is 0 Å². The number of nitrogens with two attached hydrogens (primary N) is 1. The van der Waals surface area contributed by atoms with E-state index in [-0.39, 0.29) is 0 Å². The Kier molecular flexibility index (Phi) is 6.86. The van der Waals surface area contributed by atoms with Crippen LogP contribution in [0.25, 0.3) is 0 Å². The van der Waals surface area contributed by atoms with Crippen LogP contribution in [-0.4, -0.2) is 6.54 Å². The van der Waals surface area contributed by atoms with Gasteiger partial charge < -0.3 is 11.1 Å². The summed E-state index contributed by atoms with van der Waals surface area (Å²) < 4.78 is 0. The highest BCUT2D eigenvalue weighted by atomic mass is 14.8. The van der Waals surface area contributed by atoms with Gasteiger partial charge in [-0.15, -0.1) is 0 Å². The second-order valence-corrected chi connectivity index (χ2v) is 4.26. The summed E-state index contributed by atoms with van der Waals surface area (Å²) in [5.74, 6) is 0. The van der Waals surface area contributed by atoms with Crippen molar-refractivity contribution in [2.24, 2.45) is 5.73 Å². The topological polar surface area (TPSA) is 38.0 Å². The van der Waals surface area contributed by atoms with Crippen molar-refractivity contribution < 1.29 is 0 Å². The molecule has 0 bridgehead atoms. The molecule has 0 radical (unpaired) electrons. The Hall–Kier alpha value is -0.860. The molecule has 0 saturated carbocycles. The minimum absolute atomic E-state index is 0.629. The molecule has 1 aromatic carbocycles. The second-order valence-electron chi connectivity index (χ2n) is 4.26. The predicted molar refractivity (Wildman–Crippen MR) is 70.2 cm³/mol. The van der Waals surface area contributed by atoms with Crippen LogP contribution in [-0.2, 0) is 13.1 Å². The molecule has 0 aromatic heterocycles. The maximum absolute atomic E-state index is 5.61. The summed E-state index contributed by atoms with van der Waals surface area (Å²) in [4.78, 5) is 0. The zero-order valence-corrected chi connectivity index (χ0v) is 10.3. The lowest BCUT2D eigenvalue weighted by atomic mass is 10.1. The van der Waals surface area contributed by atoms with Gasteiger partial charge in [0, 0.05) is 13.1 Å². The van der Waals surface area contributed by atoms with Gasteiger partial charge in [0.05, 0.1) is 0 Å². The average Bonchev–Trinajstić information content (AvgIpc) is 2.34. The first-order valence-corrected chi connectivity index (χ1v) is 6.35. The van der Waals surface area contributed by atoms with E-state index >= 15 is 0 Å². The fourth-order valence-corrected chi connectivity index (χ4v) is 1.78. The van der Waals surface area contributed by atoms with E-state index in [1.807, 2.05) is 0 Å². The molecule has 0 fully saturated rings. The molecule has 90 valence electrons. The van der Waals surface area contributed by atoms with Crippen molar-refractivity contribution in [2.45, 2.75) is 45.7 Å². The summed E-state index contributed by atoms with van der Waals surface area (Å²) in [6.07, 6.45) is 5.28. The lowest BCUT2D eigenvalue weighted by molar-refractivity contribution is 0.598. The smallest absolute Gasteiger partial charge is 0.0205 e. The Morgan fingerprint density at radius 2 is 1.94 bits per heavy atom. The van der Waals surface area contributed by atoms with E-state index in [1.165, 1.54) is 36.8 Å². The zero-order valence-electron chi connectivity index (χ0n) is 10.3. The van der Waals surface area contributed by atoms with E-state index < -0.39 is 0 Å². The highest BCUT2D eigenvalue weighted by Crippen LogP contribution is 2.04. The molecule has 2 heteroatoms. The SMILES string of the molecule is CCCCCCNCc1cccc(CN)c1. The van der Waals surface area contributed by atoms with E-state index in [2.05, 4.69) is 36.5 Å². The van der Waals surface area contributed by atoms with Crippen LogP contribution in [0, 0.1) is 0 Å². The van der Waals surface area contributed by atoms with Crippen molar-refractivity contribution in [1.29, 1.82) is 0 Å². The summed E-state index contributed by atoms with van der Waals surface area (Å²) in [7, 11) is 0. The number of unbranched alkanes of at least 4 members (excludes halogenated alkanes) is 3. The molecule has 0 aliphatic carbocycles. The molecule has 0 spiro atoms. The van der Waals surface area contributed by atoms with Gasteiger partial charge in [0.2, 0.25) is 0 Å². The van der Waals surface area contributed by atoms with Gasteiger partial charge in [0.25, 0.3) is 0 Å². The van der Waals surface area contributed by atoms with E-state index in [9.17, 15) is 0 Å². The molecule has 1 rings (SSSR count). The van der Waals surface area contributed by atoms with Gasteiger partial charge in [0.15, 0.2) is 0 Å². The van der Waals surface area contributed by atoms with Crippen molar-refractivity contribution in [1.82, 2.24) is 5.32 Å². The molecule has 3 N–H and O–H groups in total. The molecular weight excluding hydrogens is 196 g/mol. The van der Waals surface area contributed by atoms with Gasteiger partial charge in [0.1, 0.15) is 0 Å². The normalized spacial score (nSPS) is 10.6. The quantitative estimate of drug-likeness (QED) is 0.661. The minimum Gasteiger partial charge on any atom is -0.326 e. The monoisotopic (exact) mass is 220 g/mol. The van der Waals surface area contributed by atoms with Gasteiger partial charge in [-0.2, -0.15) is 0 Å². The van der Waals surface area contributed by atoms with E-state index in [4.69, 9.17) is 5.73 Å². The highest BCUT2D eigenvalue weighted by molar-refractivity contribution is 5.23. The summed E-state index contributed by atoms with van der Waals surface area (Å²) in [6, 6.07) is 8.48. The number of nitrogens with one attached hydrogen (secondary N) is 1. The molecule has 0 unspecified atom stereocenters. The van der Waals surface area contributed by atoms with Crippen LogP contribution in [0.3, 0.4) is 0 Å². The number of hydrogen-bond acceptors (Lipinski definition) is 2. The van der Waals surface area contributed by atoms with E-state index in [0.29, 0.717) is 6.54 Å². The molecule has 1 aromatic rings. The lowest BCUT2D eigenvalue weighted by Crippen LogP contribution is -2.14. The fourth-order valence-electron chi connectivity index (χ4n) is 1.78. The second kappa shape index (κ2) is 8.31. The van der Waals surface area contributed by atoms with Crippen LogP contribution in [0.5, 0.6) is 0 Å². The first kappa shape index (κ1) is 13.2. The van der Waals surface area contributed by atoms with Crippen molar-refractivity contribution in [3.05, 3.63) is 35.4 Å². The van der Waals surface area contributed by atoms with Crippen LogP contribution >= 0.6 is 0 Å². The molecule has 0 aliphatic heterocycles. The maximum Gasteiger partial charge on any atom is 0.0205 e. The third-order valence-corrected chi connectivity index (χ3v) is 2.76. The van der Waals surface area contributed by atoms with Crippen LogP contribution in [0.2, 0.25) is 0 Å². The average molecular weight is 220 g/mol. The van der Waals surface area contributed by atoms with Crippen LogP contribution in [0.1, 0.15) is 43.7 Å². The summed E-state index contributed by atoms with van der Waals surface area (Å²) in [5.41, 5.74) is 8.15. The molecular formula is C14H24N2. The number of hydrogen-bond donors (Lipinski definition) is 2. The van der Waals surface area contributed by atoms with Crippen molar-refractivity contribution >= 4 is 0 Å². The van der Waals surface area contributed by atoms with E-state index in [0.717, 1.165) is 13.1 Å². The van der Waals surface area contributed by atoms with Crippen LogP contribution in [0.15, 0.2) is 24.3 Å². The van der Waals surface area contributed by atoms with Crippen LogP contribution in [0.4, 0.5) is 0 Å². The third kappa shape index (κ3) is 5.29. The number of rotatable bonds is 8. The molecule has 0 atom stereocenters. The van der Waals surface area contributed by atoms with Crippen molar-refractivity contribution in [2.75, 3.05) is 6.54 Å². The predicted octanol–water partition coefficient (Wildman–Crippen LogP) is 2.82. The fraction of sp³-hybridized carbons (Fsp3) is 0.571. The van der Waals surface area contributed by atoms with Gasteiger partial charge in [-0.05, 0) is 24.1 Å². The zero-order chi connectivity index (χ0) is 11.6. The molecule has 0 heterocycles. The Morgan fingerprint density at radius 1 is 1.12 bits per heavy atom. The largest absolute Gasteiger partial charge is 0.326 e. The van der Waals surface area contributed by atoms with Gasteiger partial charge >= 0.3 is 0 Å². The summed E-state index contributed by atoms with van der Waals surface area (Å²) in [6.45, 7) is 4.95. The molecule has 2 nitrogen and oxygen atoms in total. The molecule has 0 amide bonds. The molecule has 0 aliphatic rings. The number of benzene rings is 1. The third-order valence-electron chi connectivity index (χ3n) is 2.76. The Balaban J connectivity index is 2.16. The molecule has 0 saturated heterocycles. The van der Waals surface area contributed by atoms with E-state index in [1.54, 1.807) is 0 Å². The minimum atomic E-state index is 0.629. The van der Waals surface area contributed by atoms with Gasteiger partial charge in [-0.25, -0.2) is 0 Å². The van der Waals surface area contributed by atoms with Gasteiger partial charge in [-0.3, -0.25) is 0 Å². The Labute approximate surface area is 99.2 Å². The summed E-state index contributed by atoms with van der Waals surface area (Å²) in [5, 5.41) is 3.47. The Morgan fingerprint density at radius 3 is 2.69 bits per heavy atom. The summed E-state index contributed by atoms with van der Waals surface area (Å²) >= 11 is 0. The lowest BCUT2D eigenvalue weighted by Gasteiger charge is -2.06. The first-order chi connectivity index (χ1) is 7.86. The standard InChI is InChI=1S/C14H24N2/c1-2-3-4-5-9-16-12-14-8-6-7-13(10-14)11-15/h6-8,10,16H,2-5,9,11-12,15H2,1H3.